The number of rotatable bonds is 4. The lowest BCUT2D eigenvalue weighted by Crippen LogP contribution is -2.46. The first-order valence-electron chi connectivity index (χ1n) is 8.08. The molecule has 1 saturated carbocycles. The number of carboxylic acids is 1. The van der Waals surface area contributed by atoms with Gasteiger partial charge < -0.3 is 10.4 Å². The topological polar surface area (TPSA) is 69.6 Å². The number of hydrogen-bond acceptors (Lipinski definition) is 3. The summed E-state index contributed by atoms with van der Waals surface area (Å²) in [5, 5.41) is 12.3. The number of nitrogens with zero attached hydrogens (tertiary/aromatic N) is 1. The van der Waals surface area contributed by atoms with Crippen LogP contribution in [0.4, 0.5) is 5.69 Å². The molecule has 1 aliphatic carbocycles. The summed E-state index contributed by atoms with van der Waals surface area (Å²) in [5.41, 5.74) is 0.726. The zero-order valence-corrected chi connectivity index (χ0v) is 14.5. The molecule has 1 aromatic rings. The molecule has 0 spiro atoms. The standard InChI is InChI=1S/C17H21BrN2O3/c18-12-5-7-13(8-6-12)19-16(21)10-20-14-4-2-1-3-11(14)9-15(20)17(22)23/h5-8,11,14-15H,1-4,9-10H2,(H,19,21)(H,22,23). The lowest BCUT2D eigenvalue weighted by Gasteiger charge is -2.32. The third-order valence-electron chi connectivity index (χ3n) is 4.96. The van der Waals surface area contributed by atoms with Gasteiger partial charge in [0.15, 0.2) is 0 Å². The first kappa shape index (κ1) is 16.5. The largest absolute Gasteiger partial charge is 0.480 e. The van der Waals surface area contributed by atoms with E-state index in [2.05, 4.69) is 21.2 Å². The second kappa shape index (κ2) is 7.01. The third-order valence-corrected chi connectivity index (χ3v) is 5.49. The molecule has 0 radical (unpaired) electrons. The molecule has 2 N–H and O–H groups in total. The molecule has 1 amide bonds. The molecular weight excluding hydrogens is 360 g/mol. The molecule has 1 saturated heterocycles. The lowest BCUT2D eigenvalue weighted by molar-refractivity contribution is -0.143. The van der Waals surface area contributed by atoms with Gasteiger partial charge in [-0.1, -0.05) is 28.8 Å². The van der Waals surface area contributed by atoms with Crippen LogP contribution in [0.25, 0.3) is 0 Å². The molecule has 23 heavy (non-hydrogen) atoms. The average molecular weight is 381 g/mol. The number of carbonyl (C=O) groups excluding carboxylic acids is 1. The van der Waals surface area contributed by atoms with Crippen LogP contribution in [0, 0.1) is 5.92 Å². The highest BCUT2D eigenvalue weighted by Gasteiger charge is 2.45. The highest BCUT2D eigenvalue weighted by Crippen LogP contribution is 2.39. The van der Waals surface area contributed by atoms with E-state index in [1.54, 1.807) is 0 Å². The van der Waals surface area contributed by atoms with Gasteiger partial charge in [0.05, 0.1) is 6.54 Å². The Balaban J connectivity index is 1.67. The van der Waals surface area contributed by atoms with Crippen molar-refractivity contribution in [3.05, 3.63) is 28.7 Å². The number of aliphatic carboxylic acids is 1. The van der Waals surface area contributed by atoms with Crippen molar-refractivity contribution in [2.24, 2.45) is 5.92 Å². The van der Waals surface area contributed by atoms with Gasteiger partial charge in [-0.05, 0) is 49.4 Å². The SMILES string of the molecule is O=C(CN1C(C(=O)O)CC2CCCCC21)Nc1ccc(Br)cc1. The zero-order valence-electron chi connectivity index (χ0n) is 12.9. The maximum Gasteiger partial charge on any atom is 0.320 e. The van der Waals surface area contributed by atoms with Gasteiger partial charge in [-0.25, -0.2) is 0 Å². The monoisotopic (exact) mass is 380 g/mol. The van der Waals surface area contributed by atoms with Gasteiger partial charge in [0, 0.05) is 16.2 Å². The van der Waals surface area contributed by atoms with Crippen molar-refractivity contribution in [1.29, 1.82) is 0 Å². The average Bonchev–Trinajstić information content (AvgIpc) is 2.89. The van der Waals surface area contributed by atoms with E-state index in [4.69, 9.17) is 0 Å². The van der Waals surface area contributed by atoms with Crippen LogP contribution < -0.4 is 5.32 Å². The van der Waals surface area contributed by atoms with E-state index in [1.165, 1.54) is 6.42 Å². The van der Waals surface area contributed by atoms with Crippen LogP contribution >= 0.6 is 15.9 Å². The first-order valence-corrected chi connectivity index (χ1v) is 8.88. The van der Waals surface area contributed by atoms with Crippen molar-refractivity contribution < 1.29 is 14.7 Å². The fraction of sp³-hybridized carbons (Fsp3) is 0.529. The summed E-state index contributed by atoms with van der Waals surface area (Å²) in [6.07, 6.45) is 5.05. The number of benzene rings is 1. The number of fused-ring (bicyclic) bond motifs is 1. The normalized spacial score (nSPS) is 27.4. The van der Waals surface area contributed by atoms with Crippen LogP contribution in [0.1, 0.15) is 32.1 Å². The van der Waals surface area contributed by atoms with Gasteiger partial charge in [-0.2, -0.15) is 0 Å². The summed E-state index contributed by atoms with van der Waals surface area (Å²) in [5.74, 6) is -0.536. The van der Waals surface area contributed by atoms with Crippen molar-refractivity contribution in [1.82, 2.24) is 4.90 Å². The smallest absolute Gasteiger partial charge is 0.320 e. The molecule has 1 heterocycles. The highest BCUT2D eigenvalue weighted by atomic mass is 79.9. The van der Waals surface area contributed by atoms with Gasteiger partial charge in [0.2, 0.25) is 5.91 Å². The molecule has 5 nitrogen and oxygen atoms in total. The molecule has 1 aliphatic heterocycles. The first-order chi connectivity index (χ1) is 11.0. The van der Waals surface area contributed by atoms with E-state index in [0.29, 0.717) is 12.3 Å². The summed E-state index contributed by atoms with van der Waals surface area (Å²) in [6, 6.07) is 7.08. The third kappa shape index (κ3) is 3.75. The number of carbonyl (C=O) groups is 2. The number of carboxylic acid groups (broad SMARTS) is 1. The predicted octanol–water partition coefficient (Wildman–Crippen LogP) is 3.11. The summed E-state index contributed by atoms with van der Waals surface area (Å²) >= 11 is 3.36. The molecule has 124 valence electrons. The van der Waals surface area contributed by atoms with Crippen LogP contribution in [0.2, 0.25) is 0 Å². The molecule has 3 rings (SSSR count). The Morgan fingerprint density at radius 3 is 2.61 bits per heavy atom. The number of nitrogens with one attached hydrogen (secondary N) is 1. The molecule has 6 heteroatoms. The Labute approximate surface area is 144 Å². The molecule has 2 aliphatic rings. The Hall–Kier alpha value is -1.40. The van der Waals surface area contributed by atoms with Crippen LogP contribution in [0.3, 0.4) is 0 Å². The molecule has 3 atom stereocenters. The van der Waals surface area contributed by atoms with Crippen LogP contribution in [0.15, 0.2) is 28.7 Å². The quantitative estimate of drug-likeness (QED) is 0.841. The van der Waals surface area contributed by atoms with Crippen molar-refractivity contribution in [3.63, 3.8) is 0 Å². The second-order valence-electron chi connectivity index (χ2n) is 6.43. The van der Waals surface area contributed by atoms with E-state index in [1.807, 2.05) is 29.2 Å². The molecule has 2 fully saturated rings. The Bertz CT molecular complexity index is 590. The van der Waals surface area contributed by atoms with Crippen LogP contribution in [-0.4, -0.2) is 40.5 Å². The fourth-order valence-electron chi connectivity index (χ4n) is 3.92. The number of hydrogen-bond donors (Lipinski definition) is 2. The minimum atomic E-state index is -0.809. The minimum Gasteiger partial charge on any atom is -0.480 e. The van der Waals surface area contributed by atoms with Crippen molar-refractivity contribution in [3.8, 4) is 0 Å². The number of likely N-dealkylation sites (tertiary alicyclic amines) is 1. The van der Waals surface area contributed by atoms with Crippen molar-refractivity contribution >= 4 is 33.5 Å². The molecule has 0 aromatic heterocycles. The second-order valence-corrected chi connectivity index (χ2v) is 7.34. The Morgan fingerprint density at radius 1 is 1.22 bits per heavy atom. The Morgan fingerprint density at radius 2 is 1.91 bits per heavy atom. The number of amides is 1. The summed E-state index contributed by atoms with van der Waals surface area (Å²) in [7, 11) is 0. The number of anilines is 1. The lowest BCUT2D eigenvalue weighted by atomic mass is 9.85. The summed E-state index contributed by atoms with van der Waals surface area (Å²) < 4.78 is 0.950. The maximum atomic E-state index is 12.3. The van der Waals surface area contributed by atoms with Crippen LogP contribution in [0.5, 0.6) is 0 Å². The van der Waals surface area contributed by atoms with E-state index < -0.39 is 12.0 Å². The van der Waals surface area contributed by atoms with E-state index in [9.17, 15) is 14.7 Å². The molecule has 1 aromatic carbocycles. The van der Waals surface area contributed by atoms with E-state index in [0.717, 1.165) is 29.4 Å². The number of halogens is 1. The molecule has 0 bridgehead atoms. The van der Waals surface area contributed by atoms with E-state index in [-0.39, 0.29) is 18.5 Å². The maximum absolute atomic E-state index is 12.3. The van der Waals surface area contributed by atoms with Gasteiger partial charge in [0.25, 0.3) is 0 Å². The van der Waals surface area contributed by atoms with Gasteiger partial charge in [-0.3, -0.25) is 14.5 Å². The summed E-state index contributed by atoms with van der Waals surface area (Å²) in [4.78, 5) is 25.8. The minimum absolute atomic E-state index is 0.147. The predicted molar refractivity (Wildman–Crippen MR) is 91.3 cm³/mol. The van der Waals surface area contributed by atoms with Crippen molar-refractivity contribution in [2.75, 3.05) is 11.9 Å². The van der Waals surface area contributed by atoms with Gasteiger partial charge >= 0.3 is 5.97 Å². The van der Waals surface area contributed by atoms with Gasteiger partial charge in [0.1, 0.15) is 6.04 Å². The summed E-state index contributed by atoms with van der Waals surface area (Å²) in [6.45, 7) is 0.147. The van der Waals surface area contributed by atoms with E-state index >= 15 is 0 Å². The fourth-order valence-corrected chi connectivity index (χ4v) is 4.19. The highest BCUT2D eigenvalue weighted by molar-refractivity contribution is 9.10. The van der Waals surface area contributed by atoms with Crippen molar-refractivity contribution in [2.45, 2.75) is 44.2 Å². The molecular formula is C17H21BrN2O3. The zero-order chi connectivity index (χ0) is 16.4. The van der Waals surface area contributed by atoms with Crippen LogP contribution in [-0.2, 0) is 9.59 Å². The Kier molecular flexibility index (Phi) is 5.02. The van der Waals surface area contributed by atoms with Gasteiger partial charge in [-0.15, -0.1) is 0 Å². The molecule has 3 unspecified atom stereocenters.